The number of amides is 1. The number of piperidine rings is 1. The van der Waals surface area contributed by atoms with E-state index in [1.807, 2.05) is 6.92 Å². The minimum absolute atomic E-state index is 0.135. The van der Waals surface area contributed by atoms with Crippen molar-refractivity contribution in [3.63, 3.8) is 0 Å². The Hall–Kier alpha value is -2.68. The second-order valence-electron chi connectivity index (χ2n) is 9.94. The molecular weight excluding hydrogens is 464 g/mol. The Labute approximate surface area is 197 Å². The van der Waals surface area contributed by atoms with Crippen molar-refractivity contribution in [3.05, 3.63) is 48.0 Å². The van der Waals surface area contributed by atoms with Crippen molar-refractivity contribution in [1.82, 2.24) is 4.90 Å². The first-order valence-corrected chi connectivity index (χ1v) is 13.3. The van der Waals surface area contributed by atoms with Crippen LogP contribution >= 0.6 is 0 Å². The van der Waals surface area contributed by atoms with Crippen molar-refractivity contribution in [2.24, 2.45) is 17.8 Å². The molecule has 3 fully saturated rings. The molecule has 1 aliphatic heterocycles. The zero-order valence-corrected chi connectivity index (χ0v) is 19.9. The smallest absolute Gasteiger partial charge is 0.410 e. The third-order valence-electron chi connectivity index (χ3n) is 7.41. The molecule has 0 bridgehead atoms. The molecule has 0 aromatic heterocycles. The fourth-order valence-corrected chi connectivity index (χ4v) is 5.67. The Morgan fingerprint density at radius 2 is 1.65 bits per heavy atom. The van der Waals surface area contributed by atoms with Crippen LogP contribution in [0.2, 0.25) is 0 Å². The highest BCUT2D eigenvalue weighted by molar-refractivity contribution is 7.90. The summed E-state index contributed by atoms with van der Waals surface area (Å²) in [5, 5.41) is 0. The summed E-state index contributed by atoms with van der Waals surface area (Å²) >= 11 is 0. The predicted octanol–water partition coefficient (Wildman–Crippen LogP) is 4.67. The number of likely N-dealkylation sites (tertiary alicyclic amines) is 1. The van der Waals surface area contributed by atoms with Gasteiger partial charge in [0, 0.05) is 25.3 Å². The van der Waals surface area contributed by atoms with Crippen LogP contribution in [0.1, 0.15) is 26.2 Å². The molecule has 1 saturated heterocycles. The van der Waals surface area contributed by atoms with E-state index < -0.39 is 27.2 Å². The number of sulfone groups is 1. The summed E-state index contributed by atoms with van der Waals surface area (Å²) in [5.41, 5.74) is 0.458. The van der Waals surface area contributed by atoms with Crippen LogP contribution in [0.15, 0.2) is 41.3 Å². The summed E-state index contributed by atoms with van der Waals surface area (Å²) in [6, 6.07) is 8.20. The number of hydrogen-bond donors (Lipinski definition) is 0. The fraction of sp³-hybridized carbons (Fsp3) is 0.480. The van der Waals surface area contributed by atoms with E-state index in [1.54, 1.807) is 4.90 Å². The molecule has 0 N–H and O–H groups in total. The van der Waals surface area contributed by atoms with Crippen LogP contribution < -0.4 is 4.74 Å². The van der Waals surface area contributed by atoms with Crippen molar-refractivity contribution in [2.75, 3.05) is 26.0 Å². The SMILES string of the molecule is CC1(OC(=O)N2C[C@@H]3C(COc4c(F)cc(-c5ccc(S(C)(=O)=O)cc5)cc4F)[C@@H]3C2)CCC1. The fourth-order valence-electron chi connectivity index (χ4n) is 5.04. The average molecular weight is 492 g/mol. The molecule has 0 spiro atoms. The maximum absolute atomic E-state index is 14.7. The molecule has 2 saturated carbocycles. The molecule has 5 rings (SSSR count). The predicted molar refractivity (Wildman–Crippen MR) is 121 cm³/mol. The van der Waals surface area contributed by atoms with Crippen LogP contribution in [0.3, 0.4) is 0 Å². The number of fused-ring (bicyclic) bond motifs is 1. The lowest BCUT2D eigenvalue weighted by atomic mass is 9.82. The minimum atomic E-state index is -3.35. The molecule has 2 aromatic carbocycles. The second-order valence-corrected chi connectivity index (χ2v) is 12.0. The Morgan fingerprint density at radius 3 is 2.15 bits per heavy atom. The normalized spacial score (nSPS) is 24.8. The Bertz CT molecular complexity index is 1190. The van der Waals surface area contributed by atoms with Gasteiger partial charge in [-0.15, -0.1) is 0 Å². The summed E-state index contributed by atoms with van der Waals surface area (Å²) in [6.45, 7) is 3.31. The molecule has 2 aromatic rings. The van der Waals surface area contributed by atoms with Gasteiger partial charge in [0.2, 0.25) is 0 Å². The number of halogens is 2. The first-order valence-electron chi connectivity index (χ1n) is 11.4. The summed E-state index contributed by atoms with van der Waals surface area (Å²) in [6.07, 6.45) is 3.71. The molecule has 3 atom stereocenters. The summed E-state index contributed by atoms with van der Waals surface area (Å²) in [7, 11) is -3.35. The van der Waals surface area contributed by atoms with Crippen LogP contribution in [-0.4, -0.2) is 51.0 Å². The number of rotatable bonds is 6. The number of nitrogens with zero attached hydrogens (tertiary/aromatic N) is 1. The third kappa shape index (κ3) is 4.37. The molecule has 1 heterocycles. The molecule has 2 aliphatic carbocycles. The largest absolute Gasteiger partial charge is 0.487 e. The standard InChI is InChI=1S/C25H27F2NO5S/c1-25(8-3-9-25)33-24(29)28-12-18-19(13-28)20(18)14-32-23-21(26)10-16(11-22(23)27)15-4-6-17(7-5-15)34(2,30)31/h4-7,10-11,18-20H,3,8-9,12-14H2,1-2H3/t18-,19+,20?. The molecule has 3 aliphatic rings. The molecule has 0 radical (unpaired) electrons. The first kappa shape index (κ1) is 23.1. The highest BCUT2D eigenvalue weighted by Crippen LogP contribution is 2.52. The van der Waals surface area contributed by atoms with Gasteiger partial charge in [0.05, 0.1) is 11.5 Å². The van der Waals surface area contributed by atoms with Crippen molar-refractivity contribution in [1.29, 1.82) is 0 Å². The Kier molecular flexibility index (Phi) is 5.58. The maximum atomic E-state index is 14.7. The Balaban J connectivity index is 1.17. The molecule has 182 valence electrons. The van der Waals surface area contributed by atoms with E-state index in [2.05, 4.69) is 0 Å². The number of carbonyl (C=O) groups excluding carboxylic acids is 1. The van der Waals surface area contributed by atoms with Crippen molar-refractivity contribution in [3.8, 4) is 16.9 Å². The highest BCUT2D eigenvalue weighted by atomic mass is 32.2. The van der Waals surface area contributed by atoms with Crippen molar-refractivity contribution >= 4 is 15.9 Å². The van der Waals surface area contributed by atoms with E-state index in [0.717, 1.165) is 25.5 Å². The van der Waals surface area contributed by atoms with Gasteiger partial charge in [-0.25, -0.2) is 22.0 Å². The van der Waals surface area contributed by atoms with Crippen LogP contribution in [0.4, 0.5) is 13.6 Å². The van der Waals surface area contributed by atoms with E-state index >= 15 is 0 Å². The zero-order valence-electron chi connectivity index (χ0n) is 19.1. The summed E-state index contributed by atoms with van der Waals surface area (Å²) in [4.78, 5) is 14.2. The van der Waals surface area contributed by atoms with Crippen LogP contribution in [0.5, 0.6) is 5.75 Å². The molecule has 6 nitrogen and oxygen atoms in total. The van der Waals surface area contributed by atoms with Gasteiger partial charge in [0.15, 0.2) is 27.2 Å². The zero-order chi connectivity index (χ0) is 24.3. The van der Waals surface area contributed by atoms with Gasteiger partial charge in [0.1, 0.15) is 5.60 Å². The van der Waals surface area contributed by atoms with Crippen LogP contribution in [0.25, 0.3) is 11.1 Å². The number of benzene rings is 2. The van der Waals surface area contributed by atoms with E-state index in [0.29, 0.717) is 24.2 Å². The summed E-state index contributed by atoms with van der Waals surface area (Å²) in [5.74, 6) is -1.36. The topological polar surface area (TPSA) is 72.9 Å². The average Bonchev–Trinajstić information content (AvgIpc) is 3.19. The van der Waals surface area contributed by atoms with Crippen LogP contribution in [0, 0.1) is 29.4 Å². The summed E-state index contributed by atoms with van der Waals surface area (Å²) < 4.78 is 63.7. The van der Waals surface area contributed by atoms with Gasteiger partial charge in [-0.05, 0) is 73.4 Å². The number of hydrogen-bond acceptors (Lipinski definition) is 5. The lowest BCUT2D eigenvalue weighted by Crippen LogP contribution is -2.43. The van der Waals surface area contributed by atoms with Gasteiger partial charge < -0.3 is 14.4 Å². The highest BCUT2D eigenvalue weighted by Gasteiger charge is 2.57. The van der Waals surface area contributed by atoms with Gasteiger partial charge >= 0.3 is 6.09 Å². The van der Waals surface area contributed by atoms with Crippen LogP contribution in [-0.2, 0) is 14.6 Å². The van der Waals surface area contributed by atoms with E-state index in [-0.39, 0.29) is 41.0 Å². The number of carbonyl (C=O) groups is 1. The Morgan fingerprint density at radius 1 is 1.06 bits per heavy atom. The van der Waals surface area contributed by atoms with Crippen molar-refractivity contribution in [2.45, 2.75) is 36.7 Å². The molecule has 9 heteroatoms. The monoisotopic (exact) mass is 491 g/mol. The molecule has 34 heavy (non-hydrogen) atoms. The number of ether oxygens (including phenoxy) is 2. The molecular formula is C25H27F2NO5S. The van der Waals surface area contributed by atoms with Gasteiger partial charge in [-0.1, -0.05) is 12.1 Å². The van der Waals surface area contributed by atoms with E-state index in [1.165, 1.54) is 36.4 Å². The van der Waals surface area contributed by atoms with Crippen molar-refractivity contribution < 1.29 is 31.5 Å². The lowest BCUT2D eigenvalue weighted by molar-refractivity contribution is -0.0470. The van der Waals surface area contributed by atoms with E-state index in [9.17, 15) is 22.0 Å². The molecule has 1 unspecified atom stereocenters. The first-order chi connectivity index (χ1) is 16.0. The maximum Gasteiger partial charge on any atom is 0.410 e. The van der Waals surface area contributed by atoms with Gasteiger partial charge in [-0.2, -0.15) is 0 Å². The second kappa shape index (κ2) is 8.22. The van der Waals surface area contributed by atoms with E-state index in [4.69, 9.17) is 9.47 Å². The molecule has 1 amide bonds. The van der Waals surface area contributed by atoms with Gasteiger partial charge in [-0.3, -0.25) is 0 Å². The quantitative estimate of drug-likeness (QED) is 0.587. The van der Waals surface area contributed by atoms with Gasteiger partial charge in [0.25, 0.3) is 0 Å². The third-order valence-corrected chi connectivity index (χ3v) is 8.54. The lowest BCUT2D eigenvalue weighted by Gasteiger charge is -2.38. The minimum Gasteiger partial charge on any atom is -0.487 e.